The number of rotatable bonds is 4. The summed E-state index contributed by atoms with van der Waals surface area (Å²) >= 11 is 0. The monoisotopic (exact) mass is 230 g/mol. The van der Waals surface area contributed by atoms with Gasteiger partial charge in [0.2, 0.25) is 5.91 Å². The molecular formula is C12H14N4O. The van der Waals surface area contributed by atoms with Gasteiger partial charge in [-0.1, -0.05) is 6.07 Å². The molecule has 1 atom stereocenters. The van der Waals surface area contributed by atoms with Gasteiger partial charge in [0, 0.05) is 31.2 Å². The zero-order chi connectivity index (χ0) is 12.3. The highest BCUT2D eigenvalue weighted by atomic mass is 16.1. The first-order chi connectivity index (χ1) is 8.18. The first-order valence-corrected chi connectivity index (χ1v) is 5.38. The molecule has 2 aromatic heterocycles. The Morgan fingerprint density at radius 1 is 1.53 bits per heavy atom. The predicted octanol–water partition coefficient (Wildman–Crippen LogP) is 0.915. The molecule has 0 aliphatic heterocycles. The van der Waals surface area contributed by atoms with E-state index >= 15 is 0 Å². The Bertz CT molecular complexity index is 506. The molecule has 2 aromatic rings. The van der Waals surface area contributed by atoms with Gasteiger partial charge < -0.3 is 10.3 Å². The van der Waals surface area contributed by atoms with Crippen molar-refractivity contribution in [2.45, 2.75) is 19.4 Å². The van der Waals surface area contributed by atoms with Crippen molar-refractivity contribution in [1.29, 1.82) is 0 Å². The Balaban J connectivity index is 2.23. The molecule has 2 heterocycles. The minimum Gasteiger partial charge on any atom is -0.368 e. The van der Waals surface area contributed by atoms with Gasteiger partial charge in [0.15, 0.2) is 0 Å². The summed E-state index contributed by atoms with van der Waals surface area (Å²) in [5.41, 5.74) is 6.34. The fourth-order valence-corrected chi connectivity index (χ4v) is 1.66. The minimum atomic E-state index is -0.385. The maximum atomic E-state index is 11.2. The van der Waals surface area contributed by atoms with E-state index in [0.29, 0.717) is 6.42 Å². The second-order valence-corrected chi connectivity index (χ2v) is 3.87. The van der Waals surface area contributed by atoms with E-state index in [9.17, 15) is 4.79 Å². The summed E-state index contributed by atoms with van der Waals surface area (Å²) in [5, 5.41) is 0. The zero-order valence-electron chi connectivity index (χ0n) is 9.58. The largest absolute Gasteiger partial charge is 0.368 e. The predicted molar refractivity (Wildman–Crippen MR) is 63.2 cm³/mol. The van der Waals surface area contributed by atoms with Crippen molar-refractivity contribution in [2.75, 3.05) is 0 Å². The van der Waals surface area contributed by atoms with Gasteiger partial charge in [0.05, 0.1) is 0 Å². The molecular weight excluding hydrogens is 216 g/mol. The topological polar surface area (TPSA) is 73.8 Å². The van der Waals surface area contributed by atoms with Gasteiger partial charge in [-0.05, 0) is 18.6 Å². The van der Waals surface area contributed by atoms with Gasteiger partial charge in [0.1, 0.15) is 11.9 Å². The third-order valence-corrected chi connectivity index (χ3v) is 2.66. The van der Waals surface area contributed by atoms with Crippen LogP contribution >= 0.6 is 0 Å². The Morgan fingerprint density at radius 3 is 3.00 bits per heavy atom. The van der Waals surface area contributed by atoms with Crippen LogP contribution in [0.25, 0.3) is 0 Å². The van der Waals surface area contributed by atoms with E-state index in [0.717, 1.165) is 11.4 Å². The molecule has 17 heavy (non-hydrogen) atoms. The van der Waals surface area contributed by atoms with E-state index in [1.807, 2.05) is 12.1 Å². The molecule has 0 saturated heterocycles. The van der Waals surface area contributed by atoms with Crippen LogP contribution in [0.3, 0.4) is 0 Å². The molecule has 1 amide bonds. The highest BCUT2D eigenvalue weighted by Gasteiger charge is 2.14. The summed E-state index contributed by atoms with van der Waals surface area (Å²) in [7, 11) is 0. The number of carbonyl (C=O) groups is 1. The van der Waals surface area contributed by atoms with E-state index in [1.165, 1.54) is 0 Å². The summed E-state index contributed by atoms with van der Waals surface area (Å²) in [6, 6.07) is 3.46. The van der Waals surface area contributed by atoms with Crippen LogP contribution in [0.4, 0.5) is 0 Å². The molecule has 0 spiro atoms. The molecule has 1 unspecified atom stereocenters. The standard InChI is InChI=1S/C12H14N4O/c1-9(12(13)17)16-6-5-15-11(16)7-10-3-2-4-14-8-10/h2-6,8-9H,7H2,1H3,(H2,13,17). The van der Waals surface area contributed by atoms with E-state index in [2.05, 4.69) is 9.97 Å². The van der Waals surface area contributed by atoms with Crippen molar-refractivity contribution >= 4 is 5.91 Å². The minimum absolute atomic E-state index is 0.365. The second-order valence-electron chi connectivity index (χ2n) is 3.87. The molecule has 0 aromatic carbocycles. The number of nitrogens with zero attached hydrogens (tertiary/aromatic N) is 3. The smallest absolute Gasteiger partial charge is 0.240 e. The second kappa shape index (κ2) is 4.78. The first-order valence-electron chi connectivity index (χ1n) is 5.38. The molecule has 0 radical (unpaired) electrons. The fourth-order valence-electron chi connectivity index (χ4n) is 1.66. The van der Waals surface area contributed by atoms with Gasteiger partial charge in [0.25, 0.3) is 0 Å². The van der Waals surface area contributed by atoms with E-state index in [-0.39, 0.29) is 11.9 Å². The lowest BCUT2D eigenvalue weighted by atomic mass is 10.2. The first kappa shape index (κ1) is 11.3. The van der Waals surface area contributed by atoms with Gasteiger partial charge in [-0.3, -0.25) is 9.78 Å². The maximum Gasteiger partial charge on any atom is 0.240 e. The van der Waals surface area contributed by atoms with Crippen molar-refractivity contribution in [1.82, 2.24) is 14.5 Å². The van der Waals surface area contributed by atoms with Crippen molar-refractivity contribution in [3.05, 3.63) is 48.3 Å². The Kier molecular flexibility index (Phi) is 3.18. The van der Waals surface area contributed by atoms with Crippen LogP contribution in [0, 0.1) is 0 Å². The molecule has 2 N–H and O–H groups in total. The maximum absolute atomic E-state index is 11.2. The number of amides is 1. The summed E-state index contributed by atoms with van der Waals surface area (Å²) in [6.45, 7) is 1.76. The summed E-state index contributed by atoms with van der Waals surface area (Å²) in [6.07, 6.45) is 7.58. The summed E-state index contributed by atoms with van der Waals surface area (Å²) < 4.78 is 1.79. The lowest BCUT2D eigenvalue weighted by molar-refractivity contribution is -0.120. The quantitative estimate of drug-likeness (QED) is 0.848. The SMILES string of the molecule is CC(C(N)=O)n1ccnc1Cc1cccnc1. The molecule has 5 nitrogen and oxygen atoms in total. The highest BCUT2D eigenvalue weighted by Crippen LogP contribution is 2.12. The van der Waals surface area contributed by atoms with Crippen LogP contribution in [0.15, 0.2) is 36.9 Å². The number of pyridine rings is 1. The Hall–Kier alpha value is -2.17. The van der Waals surface area contributed by atoms with E-state index in [1.54, 1.807) is 36.3 Å². The molecule has 0 aliphatic rings. The highest BCUT2D eigenvalue weighted by molar-refractivity contribution is 5.77. The van der Waals surface area contributed by atoms with Crippen LogP contribution in [0.2, 0.25) is 0 Å². The Labute approximate surface area is 99.3 Å². The van der Waals surface area contributed by atoms with Crippen LogP contribution in [0.5, 0.6) is 0 Å². The number of primary amides is 1. The van der Waals surface area contributed by atoms with Gasteiger partial charge in [-0.25, -0.2) is 4.98 Å². The van der Waals surface area contributed by atoms with Gasteiger partial charge in [-0.15, -0.1) is 0 Å². The van der Waals surface area contributed by atoms with Gasteiger partial charge in [-0.2, -0.15) is 0 Å². The average Bonchev–Trinajstić information content (AvgIpc) is 2.77. The van der Waals surface area contributed by atoms with Crippen molar-refractivity contribution in [3.8, 4) is 0 Å². The third kappa shape index (κ3) is 2.50. The number of aromatic nitrogens is 3. The van der Waals surface area contributed by atoms with Gasteiger partial charge >= 0.3 is 0 Å². The van der Waals surface area contributed by atoms with Crippen molar-refractivity contribution in [3.63, 3.8) is 0 Å². The molecule has 0 aliphatic carbocycles. The summed E-state index contributed by atoms with van der Waals surface area (Å²) in [5.74, 6) is 0.444. The summed E-state index contributed by atoms with van der Waals surface area (Å²) in [4.78, 5) is 19.5. The molecule has 0 bridgehead atoms. The molecule has 5 heteroatoms. The number of carbonyl (C=O) groups excluding carboxylic acids is 1. The van der Waals surface area contributed by atoms with Crippen LogP contribution in [-0.4, -0.2) is 20.4 Å². The van der Waals surface area contributed by atoms with Crippen molar-refractivity contribution < 1.29 is 4.79 Å². The third-order valence-electron chi connectivity index (χ3n) is 2.66. The van der Waals surface area contributed by atoms with Crippen LogP contribution < -0.4 is 5.73 Å². The lowest BCUT2D eigenvalue weighted by Crippen LogP contribution is -2.25. The number of nitrogens with two attached hydrogens (primary N) is 1. The number of imidazole rings is 1. The van der Waals surface area contributed by atoms with Crippen LogP contribution in [-0.2, 0) is 11.2 Å². The number of hydrogen-bond donors (Lipinski definition) is 1. The molecule has 88 valence electrons. The molecule has 2 rings (SSSR count). The van der Waals surface area contributed by atoms with E-state index < -0.39 is 0 Å². The zero-order valence-corrected chi connectivity index (χ0v) is 9.58. The number of hydrogen-bond acceptors (Lipinski definition) is 3. The molecule has 0 fully saturated rings. The molecule has 0 saturated carbocycles. The van der Waals surface area contributed by atoms with Crippen molar-refractivity contribution in [2.24, 2.45) is 5.73 Å². The van der Waals surface area contributed by atoms with E-state index in [4.69, 9.17) is 5.73 Å². The average molecular weight is 230 g/mol. The Morgan fingerprint density at radius 2 is 2.35 bits per heavy atom. The normalized spacial score (nSPS) is 12.3. The van der Waals surface area contributed by atoms with Crippen LogP contribution in [0.1, 0.15) is 24.4 Å². The fraction of sp³-hybridized carbons (Fsp3) is 0.250. The lowest BCUT2D eigenvalue weighted by Gasteiger charge is -2.12.